The molecule has 0 aliphatic heterocycles. The third-order valence-corrected chi connectivity index (χ3v) is 5.27. The van der Waals surface area contributed by atoms with E-state index in [1.54, 1.807) is 0 Å². The average Bonchev–Trinajstić information content (AvgIpc) is 2.67. The molecule has 2 rings (SSSR count). The Kier molecular flexibility index (Phi) is 7.54. The molecule has 2 atom stereocenters. The summed E-state index contributed by atoms with van der Waals surface area (Å²) >= 11 is 0. The number of hydrogen-bond donors (Lipinski definition) is 3. The van der Waals surface area contributed by atoms with Crippen molar-refractivity contribution in [1.82, 2.24) is 20.6 Å². The van der Waals surface area contributed by atoms with E-state index in [4.69, 9.17) is 0 Å². The molecule has 1 heterocycles. The Morgan fingerprint density at radius 2 is 1.86 bits per heavy atom. The summed E-state index contributed by atoms with van der Waals surface area (Å²) in [6, 6.07) is -1.05. The highest BCUT2D eigenvalue weighted by molar-refractivity contribution is 5.92. The molecule has 28 heavy (non-hydrogen) atoms. The molecule has 0 bridgehead atoms. The minimum atomic E-state index is -0.908. The van der Waals surface area contributed by atoms with E-state index in [9.17, 15) is 14.7 Å². The van der Waals surface area contributed by atoms with Crippen LogP contribution in [0.1, 0.15) is 70.3 Å². The SMILES string of the molecule is CC=C(N[C@H](C(=O)O)C(C)(C)C)[C@@H](NC(=O)c1cnccn1)C1CCCCC1. The van der Waals surface area contributed by atoms with Gasteiger partial charge in [-0.2, -0.15) is 0 Å². The van der Waals surface area contributed by atoms with E-state index in [0.717, 1.165) is 31.4 Å². The number of carbonyl (C=O) groups excluding carboxylic acids is 1. The largest absolute Gasteiger partial charge is 0.480 e. The number of aromatic nitrogens is 2. The number of rotatable bonds is 7. The Balaban J connectivity index is 2.28. The van der Waals surface area contributed by atoms with Gasteiger partial charge in [0.1, 0.15) is 11.7 Å². The van der Waals surface area contributed by atoms with Crippen molar-refractivity contribution in [1.29, 1.82) is 0 Å². The van der Waals surface area contributed by atoms with Gasteiger partial charge in [-0.1, -0.05) is 46.1 Å². The minimum Gasteiger partial charge on any atom is -0.480 e. The van der Waals surface area contributed by atoms with Crippen molar-refractivity contribution in [3.05, 3.63) is 36.1 Å². The first-order valence-corrected chi connectivity index (χ1v) is 9.96. The first-order chi connectivity index (χ1) is 13.2. The van der Waals surface area contributed by atoms with Gasteiger partial charge in [-0.25, -0.2) is 9.78 Å². The molecule has 0 radical (unpaired) electrons. The Hall–Kier alpha value is -2.44. The van der Waals surface area contributed by atoms with Crippen molar-refractivity contribution < 1.29 is 14.7 Å². The molecular weight excluding hydrogens is 356 g/mol. The van der Waals surface area contributed by atoms with Gasteiger partial charge in [0.25, 0.3) is 5.91 Å². The Bertz CT molecular complexity index is 691. The van der Waals surface area contributed by atoms with E-state index in [1.165, 1.54) is 25.0 Å². The number of carbonyl (C=O) groups is 2. The average molecular weight is 389 g/mol. The first kappa shape index (κ1) is 21.9. The summed E-state index contributed by atoms with van der Waals surface area (Å²) in [5.74, 6) is -0.954. The Labute approximate surface area is 167 Å². The topological polar surface area (TPSA) is 104 Å². The number of amides is 1. The van der Waals surface area contributed by atoms with Gasteiger partial charge in [0.15, 0.2) is 0 Å². The van der Waals surface area contributed by atoms with Crippen molar-refractivity contribution in [2.75, 3.05) is 0 Å². The monoisotopic (exact) mass is 388 g/mol. The number of aliphatic carboxylic acids is 1. The quantitative estimate of drug-likeness (QED) is 0.663. The van der Waals surface area contributed by atoms with Crippen molar-refractivity contribution in [3.8, 4) is 0 Å². The van der Waals surface area contributed by atoms with Crippen LogP contribution < -0.4 is 10.6 Å². The summed E-state index contributed by atoms with van der Waals surface area (Å²) in [6.45, 7) is 7.54. The van der Waals surface area contributed by atoms with Gasteiger partial charge in [-0.15, -0.1) is 0 Å². The van der Waals surface area contributed by atoms with Gasteiger partial charge >= 0.3 is 5.97 Å². The highest BCUT2D eigenvalue weighted by Crippen LogP contribution is 2.30. The summed E-state index contributed by atoms with van der Waals surface area (Å²) in [5, 5.41) is 16.0. The molecular formula is C21H32N4O3. The second kappa shape index (κ2) is 9.66. The summed E-state index contributed by atoms with van der Waals surface area (Å²) < 4.78 is 0. The fourth-order valence-corrected chi connectivity index (χ4v) is 3.72. The number of nitrogens with zero attached hydrogens (tertiary/aromatic N) is 2. The molecule has 1 fully saturated rings. The molecule has 0 aromatic carbocycles. The standard InChI is InChI=1S/C21H32N4O3/c1-5-15(24-18(20(27)28)21(2,3)4)17(14-9-7-6-8-10-14)25-19(26)16-13-22-11-12-23-16/h5,11-14,17-18,24H,6-10H2,1-4H3,(H,25,26)(H,27,28)/t17-,18+/m0/s1. The molecule has 0 saturated heterocycles. The van der Waals surface area contributed by atoms with Crippen molar-refractivity contribution in [2.45, 2.75) is 71.9 Å². The van der Waals surface area contributed by atoms with E-state index in [2.05, 4.69) is 20.6 Å². The molecule has 0 spiro atoms. The van der Waals surface area contributed by atoms with Gasteiger partial charge in [0.2, 0.25) is 0 Å². The smallest absolute Gasteiger partial charge is 0.326 e. The summed E-state index contributed by atoms with van der Waals surface area (Å²) in [4.78, 5) is 32.6. The van der Waals surface area contributed by atoms with E-state index in [-0.39, 0.29) is 23.6 Å². The Morgan fingerprint density at radius 3 is 2.36 bits per heavy atom. The maximum Gasteiger partial charge on any atom is 0.326 e. The lowest BCUT2D eigenvalue weighted by Gasteiger charge is -2.36. The van der Waals surface area contributed by atoms with Crippen LogP contribution in [0.2, 0.25) is 0 Å². The van der Waals surface area contributed by atoms with Crippen LogP contribution in [0.3, 0.4) is 0 Å². The molecule has 1 saturated carbocycles. The zero-order valence-corrected chi connectivity index (χ0v) is 17.2. The lowest BCUT2D eigenvalue weighted by atomic mass is 9.81. The van der Waals surface area contributed by atoms with Crippen LogP contribution in [-0.2, 0) is 4.79 Å². The van der Waals surface area contributed by atoms with Crippen LogP contribution in [0, 0.1) is 11.3 Å². The highest BCUT2D eigenvalue weighted by atomic mass is 16.4. The summed E-state index contributed by atoms with van der Waals surface area (Å²) in [5.41, 5.74) is 0.516. The van der Waals surface area contributed by atoms with Gasteiger partial charge in [-0.3, -0.25) is 9.78 Å². The fraction of sp³-hybridized carbons (Fsp3) is 0.619. The van der Waals surface area contributed by atoms with Crippen LogP contribution in [0.25, 0.3) is 0 Å². The maximum atomic E-state index is 12.7. The number of hydrogen-bond acceptors (Lipinski definition) is 5. The second-order valence-corrected chi connectivity index (χ2v) is 8.47. The summed E-state index contributed by atoms with van der Waals surface area (Å²) in [7, 11) is 0. The molecule has 154 valence electrons. The van der Waals surface area contributed by atoms with E-state index < -0.39 is 17.4 Å². The molecule has 3 N–H and O–H groups in total. The van der Waals surface area contributed by atoms with E-state index in [1.807, 2.05) is 33.8 Å². The number of allylic oxidation sites excluding steroid dienone is 1. The van der Waals surface area contributed by atoms with Crippen LogP contribution in [0.15, 0.2) is 30.4 Å². The summed E-state index contributed by atoms with van der Waals surface area (Å²) in [6.07, 6.45) is 11.7. The van der Waals surface area contributed by atoms with E-state index >= 15 is 0 Å². The molecule has 1 aliphatic rings. The van der Waals surface area contributed by atoms with Gasteiger partial charge < -0.3 is 15.7 Å². The number of nitrogens with one attached hydrogen (secondary N) is 2. The Morgan fingerprint density at radius 1 is 1.18 bits per heavy atom. The molecule has 7 heteroatoms. The van der Waals surface area contributed by atoms with Crippen molar-refractivity contribution >= 4 is 11.9 Å². The third-order valence-electron chi connectivity index (χ3n) is 5.27. The number of carboxylic acid groups (broad SMARTS) is 1. The van der Waals surface area contributed by atoms with Gasteiger partial charge in [0.05, 0.1) is 12.2 Å². The fourth-order valence-electron chi connectivity index (χ4n) is 3.72. The third kappa shape index (κ3) is 5.78. The van der Waals surface area contributed by atoms with Gasteiger partial charge in [0, 0.05) is 18.1 Å². The van der Waals surface area contributed by atoms with Crippen LogP contribution >= 0.6 is 0 Å². The first-order valence-electron chi connectivity index (χ1n) is 9.96. The molecule has 1 aliphatic carbocycles. The lowest BCUT2D eigenvalue weighted by Crippen LogP contribution is -2.52. The highest BCUT2D eigenvalue weighted by Gasteiger charge is 2.35. The van der Waals surface area contributed by atoms with Crippen molar-refractivity contribution in [3.63, 3.8) is 0 Å². The van der Waals surface area contributed by atoms with E-state index in [0.29, 0.717) is 0 Å². The zero-order chi connectivity index (χ0) is 20.7. The maximum absolute atomic E-state index is 12.7. The number of carboxylic acids is 1. The molecule has 7 nitrogen and oxygen atoms in total. The molecule has 1 aromatic heterocycles. The van der Waals surface area contributed by atoms with Crippen molar-refractivity contribution in [2.24, 2.45) is 11.3 Å². The normalized spacial score (nSPS) is 18.2. The minimum absolute atomic E-state index is 0.252. The van der Waals surface area contributed by atoms with Crippen LogP contribution in [-0.4, -0.2) is 39.0 Å². The lowest BCUT2D eigenvalue weighted by molar-refractivity contribution is -0.142. The zero-order valence-electron chi connectivity index (χ0n) is 17.2. The second-order valence-electron chi connectivity index (χ2n) is 8.47. The van der Waals surface area contributed by atoms with Gasteiger partial charge in [-0.05, 0) is 31.1 Å². The van der Waals surface area contributed by atoms with Crippen LogP contribution in [0.5, 0.6) is 0 Å². The van der Waals surface area contributed by atoms with Crippen LogP contribution in [0.4, 0.5) is 0 Å². The predicted molar refractivity (Wildman–Crippen MR) is 108 cm³/mol. The molecule has 1 amide bonds. The predicted octanol–water partition coefficient (Wildman–Crippen LogP) is 3.15. The molecule has 0 unspecified atom stereocenters. The molecule has 1 aromatic rings.